The predicted octanol–water partition coefficient (Wildman–Crippen LogP) is 2.32. The van der Waals surface area contributed by atoms with Crippen molar-refractivity contribution in [1.29, 1.82) is 0 Å². The second kappa shape index (κ2) is 7.50. The van der Waals surface area contributed by atoms with E-state index in [9.17, 15) is 9.59 Å². The van der Waals surface area contributed by atoms with Crippen LogP contribution >= 0.6 is 15.9 Å². The molecule has 0 saturated carbocycles. The van der Waals surface area contributed by atoms with Gasteiger partial charge in [-0.3, -0.25) is 14.3 Å². The number of unbranched alkanes of at least 4 members (excludes halogenated alkanes) is 1. The lowest BCUT2D eigenvalue weighted by atomic mass is 10.2. The molecule has 0 radical (unpaired) electrons. The van der Waals surface area contributed by atoms with Crippen molar-refractivity contribution in [2.45, 2.75) is 32.9 Å². The Balaban J connectivity index is 2.37. The number of anilines is 2. The molecule has 23 heavy (non-hydrogen) atoms. The average molecular weight is 381 g/mol. The van der Waals surface area contributed by atoms with Gasteiger partial charge in [0.2, 0.25) is 0 Å². The molecule has 0 atom stereocenters. The van der Waals surface area contributed by atoms with Crippen LogP contribution in [0.2, 0.25) is 0 Å². The number of nitrogens with zero attached hydrogens (tertiary/aromatic N) is 2. The van der Waals surface area contributed by atoms with E-state index in [0.717, 1.165) is 22.9 Å². The largest absolute Gasteiger partial charge is 0.383 e. The maximum absolute atomic E-state index is 12.2. The SMILES string of the molecule is CCCCn1c(N)c(N(C)Cc2cccc(Br)c2)c(=O)[nH]c1=O. The van der Waals surface area contributed by atoms with E-state index in [1.54, 1.807) is 11.9 Å². The van der Waals surface area contributed by atoms with Gasteiger partial charge in [0, 0.05) is 24.6 Å². The Morgan fingerprint density at radius 3 is 2.74 bits per heavy atom. The topological polar surface area (TPSA) is 84.1 Å². The van der Waals surface area contributed by atoms with Crippen LogP contribution in [0.3, 0.4) is 0 Å². The summed E-state index contributed by atoms with van der Waals surface area (Å²) in [6.07, 6.45) is 1.76. The lowest BCUT2D eigenvalue weighted by Gasteiger charge is -2.22. The number of nitrogens with two attached hydrogens (primary N) is 1. The first-order valence-corrected chi connectivity index (χ1v) is 8.31. The third-order valence-corrected chi connectivity index (χ3v) is 4.13. The summed E-state index contributed by atoms with van der Waals surface area (Å²) in [6, 6.07) is 7.82. The van der Waals surface area contributed by atoms with Gasteiger partial charge in [0.25, 0.3) is 5.56 Å². The number of nitrogen functional groups attached to an aromatic ring is 1. The van der Waals surface area contributed by atoms with Crippen molar-refractivity contribution < 1.29 is 0 Å². The van der Waals surface area contributed by atoms with Crippen LogP contribution in [0, 0.1) is 0 Å². The Kier molecular flexibility index (Phi) is 5.65. The molecule has 0 saturated heterocycles. The van der Waals surface area contributed by atoms with Crippen LogP contribution in [0.4, 0.5) is 11.5 Å². The molecule has 0 unspecified atom stereocenters. The number of aromatic nitrogens is 2. The fourth-order valence-corrected chi connectivity index (χ4v) is 2.92. The van der Waals surface area contributed by atoms with E-state index in [4.69, 9.17) is 5.73 Å². The Morgan fingerprint density at radius 2 is 2.09 bits per heavy atom. The normalized spacial score (nSPS) is 10.7. The minimum absolute atomic E-state index is 0.213. The van der Waals surface area contributed by atoms with E-state index in [1.807, 2.05) is 31.2 Å². The van der Waals surface area contributed by atoms with Gasteiger partial charge in [-0.2, -0.15) is 0 Å². The Hall–Kier alpha value is -2.02. The van der Waals surface area contributed by atoms with Crippen LogP contribution in [0.25, 0.3) is 0 Å². The average Bonchev–Trinajstić information content (AvgIpc) is 2.46. The third-order valence-electron chi connectivity index (χ3n) is 3.64. The molecular weight excluding hydrogens is 360 g/mol. The van der Waals surface area contributed by atoms with Gasteiger partial charge in [-0.15, -0.1) is 0 Å². The Labute approximate surface area is 143 Å². The number of hydrogen-bond acceptors (Lipinski definition) is 4. The number of nitrogens with one attached hydrogen (secondary N) is 1. The highest BCUT2D eigenvalue weighted by atomic mass is 79.9. The molecule has 1 aromatic heterocycles. The molecule has 2 aromatic rings. The fraction of sp³-hybridized carbons (Fsp3) is 0.375. The van der Waals surface area contributed by atoms with Crippen molar-refractivity contribution in [3.63, 3.8) is 0 Å². The molecule has 1 aromatic carbocycles. The standard InChI is InChI=1S/C16H21BrN4O2/c1-3-4-8-21-14(18)13(15(22)19-16(21)23)20(2)10-11-6-5-7-12(17)9-11/h5-7,9H,3-4,8,10,18H2,1-2H3,(H,19,22,23). The predicted molar refractivity (Wildman–Crippen MR) is 96.9 cm³/mol. The summed E-state index contributed by atoms with van der Waals surface area (Å²) in [7, 11) is 1.79. The summed E-state index contributed by atoms with van der Waals surface area (Å²) in [4.78, 5) is 28.3. The van der Waals surface area contributed by atoms with E-state index in [2.05, 4.69) is 20.9 Å². The van der Waals surface area contributed by atoms with E-state index in [1.165, 1.54) is 4.57 Å². The molecule has 0 bridgehead atoms. The number of rotatable bonds is 6. The molecule has 3 N–H and O–H groups in total. The van der Waals surface area contributed by atoms with Crippen molar-refractivity contribution in [1.82, 2.24) is 9.55 Å². The highest BCUT2D eigenvalue weighted by Gasteiger charge is 2.16. The second-order valence-electron chi connectivity index (χ2n) is 5.48. The highest BCUT2D eigenvalue weighted by molar-refractivity contribution is 9.10. The summed E-state index contributed by atoms with van der Waals surface area (Å²) in [5.41, 5.74) is 6.54. The maximum atomic E-state index is 12.2. The van der Waals surface area contributed by atoms with Crippen LogP contribution in [-0.2, 0) is 13.1 Å². The zero-order valence-electron chi connectivity index (χ0n) is 13.3. The van der Waals surface area contributed by atoms with Gasteiger partial charge < -0.3 is 10.6 Å². The summed E-state index contributed by atoms with van der Waals surface area (Å²) in [5, 5.41) is 0. The van der Waals surface area contributed by atoms with Crippen molar-refractivity contribution >= 4 is 27.4 Å². The first-order chi connectivity index (χ1) is 10.9. The first kappa shape index (κ1) is 17.3. The third kappa shape index (κ3) is 4.04. The van der Waals surface area contributed by atoms with E-state index in [-0.39, 0.29) is 5.82 Å². The molecular formula is C16H21BrN4O2. The zero-order valence-corrected chi connectivity index (χ0v) is 14.9. The first-order valence-electron chi connectivity index (χ1n) is 7.52. The van der Waals surface area contributed by atoms with Gasteiger partial charge in [-0.1, -0.05) is 41.4 Å². The second-order valence-corrected chi connectivity index (χ2v) is 6.40. The van der Waals surface area contributed by atoms with Crippen molar-refractivity contribution in [3.8, 4) is 0 Å². The van der Waals surface area contributed by atoms with Crippen LogP contribution in [-0.4, -0.2) is 16.6 Å². The summed E-state index contributed by atoms with van der Waals surface area (Å²) < 4.78 is 2.40. The molecule has 0 fully saturated rings. The Morgan fingerprint density at radius 1 is 1.35 bits per heavy atom. The zero-order chi connectivity index (χ0) is 17.0. The molecule has 7 heteroatoms. The molecule has 2 rings (SSSR count). The smallest absolute Gasteiger partial charge is 0.330 e. The van der Waals surface area contributed by atoms with E-state index >= 15 is 0 Å². The lowest BCUT2D eigenvalue weighted by Crippen LogP contribution is -2.37. The minimum atomic E-state index is -0.460. The summed E-state index contributed by atoms with van der Waals surface area (Å²) >= 11 is 3.43. The van der Waals surface area contributed by atoms with Crippen molar-refractivity contribution in [3.05, 3.63) is 55.1 Å². The van der Waals surface area contributed by atoms with Crippen LogP contribution in [0.5, 0.6) is 0 Å². The number of hydrogen-bond donors (Lipinski definition) is 2. The molecule has 0 spiro atoms. The van der Waals surface area contributed by atoms with Gasteiger partial charge in [-0.05, 0) is 24.1 Å². The molecule has 124 valence electrons. The van der Waals surface area contributed by atoms with Crippen molar-refractivity contribution in [2.75, 3.05) is 17.7 Å². The quantitative estimate of drug-likeness (QED) is 0.805. The van der Waals surface area contributed by atoms with Gasteiger partial charge in [0.05, 0.1) is 0 Å². The van der Waals surface area contributed by atoms with Crippen molar-refractivity contribution in [2.24, 2.45) is 0 Å². The van der Waals surface area contributed by atoms with E-state index < -0.39 is 11.2 Å². The lowest BCUT2D eigenvalue weighted by molar-refractivity contribution is 0.603. The number of halogens is 1. The molecule has 1 heterocycles. The molecule has 0 aliphatic carbocycles. The fourth-order valence-electron chi connectivity index (χ4n) is 2.47. The molecule has 0 aliphatic heterocycles. The summed E-state index contributed by atoms with van der Waals surface area (Å²) in [6.45, 7) is 3.04. The maximum Gasteiger partial charge on any atom is 0.330 e. The van der Waals surface area contributed by atoms with Crippen LogP contribution in [0.1, 0.15) is 25.3 Å². The molecule has 6 nitrogen and oxygen atoms in total. The van der Waals surface area contributed by atoms with E-state index in [0.29, 0.717) is 18.8 Å². The van der Waals surface area contributed by atoms with Gasteiger partial charge in [0.1, 0.15) is 11.5 Å². The Bertz CT molecular complexity index is 797. The van der Waals surface area contributed by atoms with Gasteiger partial charge in [0.15, 0.2) is 0 Å². The number of H-pyrrole nitrogens is 1. The number of aromatic amines is 1. The number of benzene rings is 1. The molecule has 0 amide bonds. The molecule has 0 aliphatic rings. The van der Waals surface area contributed by atoms with Gasteiger partial charge in [-0.25, -0.2) is 4.79 Å². The highest BCUT2D eigenvalue weighted by Crippen LogP contribution is 2.19. The van der Waals surface area contributed by atoms with Gasteiger partial charge >= 0.3 is 5.69 Å². The monoisotopic (exact) mass is 380 g/mol. The van der Waals surface area contributed by atoms with Crippen LogP contribution < -0.4 is 21.9 Å². The summed E-state index contributed by atoms with van der Waals surface area (Å²) in [5.74, 6) is 0.213. The van der Waals surface area contributed by atoms with Crippen LogP contribution in [0.15, 0.2) is 38.3 Å². The minimum Gasteiger partial charge on any atom is -0.383 e.